The van der Waals surface area contributed by atoms with E-state index in [0.717, 1.165) is 93.0 Å². The minimum Gasteiger partial charge on any atom is -0.474 e. The number of ether oxygens (including phenoxy) is 2. The van der Waals surface area contributed by atoms with E-state index in [2.05, 4.69) is 41.4 Å². The molecular weight excluding hydrogens is 775 g/mol. The van der Waals surface area contributed by atoms with Gasteiger partial charge in [-0.2, -0.15) is 0 Å². The van der Waals surface area contributed by atoms with Crippen LogP contribution in [0.4, 0.5) is 20.4 Å². The molecule has 3 aromatic heterocycles. The summed E-state index contributed by atoms with van der Waals surface area (Å²) in [6.45, 7) is 7.94. The first kappa shape index (κ1) is 38.9. The monoisotopic (exact) mass is 824 g/mol. The molecule has 1 spiro atoms. The number of carbonyl (C=O) groups is 3. The molecule has 1 unspecified atom stereocenters. The van der Waals surface area contributed by atoms with Crippen molar-refractivity contribution in [3.8, 4) is 5.88 Å². The highest BCUT2D eigenvalue weighted by atomic mass is 19.3. The number of nitrogens with one attached hydrogen (secondary N) is 3. The summed E-state index contributed by atoms with van der Waals surface area (Å²) >= 11 is 0. The molecule has 0 bridgehead atoms. The minimum atomic E-state index is -2.46. The summed E-state index contributed by atoms with van der Waals surface area (Å²) in [5.41, 5.74) is 4.80. The number of hydrogen-bond donors (Lipinski definition) is 3. The van der Waals surface area contributed by atoms with Crippen LogP contribution in [0.3, 0.4) is 0 Å². The van der Waals surface area contributed by atoms with Crippen molar-refractivity contribution in [3.63, 3.8) is 0 Å². The molecule has 60 heavy (non-hydrogen) atoms. The third-order valence-electron chi connectivity index (χ3n) is 13.5. The molecule has 6 aliphatic rings. The molecule has 3 amide bonds. The lowest BCUT2D eigenvalue weighted by molar-refractivity contribution is -0.134. The lowest BCUT2D eigenvalue weighted by atomic mass is 9.85. The van der Waals surface area contributed by atoms with E-state index in [-0.39, 0.29) is 48.7 Å². The predicted octanol–water partition coefficient (Wildman–Crippen LogP) is 3.45. The molecule has 0 saturated carbocycles. The van der Waals surface area contributed by atoms with Gasteiger partial charge in [0, 0.05) is 86.3 Å². The highest BCUT2D eigenvalue weighted by molar-refractivity contribution is 6.03. The highest BCUT2D eigenvalue weighted by Crippen LogP contribution is 2.43. The fourth-order valence-corrected chi connectivity index (χ4v) is 10.5. The number of carbonyl (C=O) groups excluding carboxylic acids is 3. The van der Waals surface area contributed by atoms with Gasteiger partial charge in [0.1, 0.15) is 24.0 Å². The van der Waals surface area contributed by atoms with E-state index in [1.165, 1.54) is 5.56 Å². The van der Waals surface area contributed by atoms with Gasteiger partial charge < -0.3 is 29.6 Å². The fourth-order valence-electron chi connectivity index (χ4n) is 10.5. The molecule has 0 radical (unpaired) electrons. The standard InChI is InChI=1S/C43H50F2N10O5/c1-25-16-30-29-4-2-3-5-31(29)48-37(30)38(55(25)22-35(44)45)27-18-46-42(47-19-27)53-12-10-43(11-13-53)17-26(23-60-43)20-52-14-15-54-28(21-52)24-59-41-34(54)8-6-33(50-41)39(57)49-32-7-9-36(56)51-40(32)58/h2-6,8,18-19,25-26,28,32,35,38,48H,7,9-17,20-24H2,1H3,(H,49,57)(H,51,56,58)/t25-,26?,28-,32+,38-/m1/s1. The molecule has 4 aromatic rings. The lowest BCUT2D eigenvalue weighted by Crippen LogP contribution is -2.58. The summed E-state index contributed by atoms with van der Waals surface area (Å²) in [7, 11) is 0. The van der Waals surface area contributed by atoms with Crippen molar-refractivity contribution in [1.29, 1.82) is 0 Å². The largest absolute Gasteiger partial charge is 0.474 e. The first-order valence-corrected chi connectivity index (χ1v) is 21.2. The average molecular weight is 825 g/mol. The number of alkyl halides is 2. The van der Waals surface area contributed by atoms with Gasteiger partial charge in [-0.15, -0.1) is 0 Å². The van der Waals surface area contributed by atoms with Crippen molar-refractivity contribution in [2.24, 2.45) is 5.92 Å². The van der Waals surface area contributed by atoms with Crippen molar-refractivity contribution in [1.82, 2.24) is 40.4 Å². The van der Waals surface area contributed by atoms with E-state index in [1.807, 2.05) is 48.5 Å². The first-order chi connectivity index (χ1) is 29.1. The number of rotatable bonds is 8. The van der Waals surface area contributed by atoms with Crippen molar-refractivity contribution >= 4 is 40.3 Å². The molecule has 316 valence electrons. The van der Waals surface area contributed by atoms with Crippen LogP contribution >= 0.6 is 0 Å². The molecule has 17 heteroatoms. The van der Waals surface area contributed by atoms with Gasteiger partial charge in [0.05, 0.1) is 30.8 Å². The van der Waals surface area contributed by atoms with E-state index in [1.54, 1.807) is 6.07 Å². The Kier molecular flexibility index (Phi) is 10.1. The number of halogens is 2. The van der Waals surface area contributed by atoms with E-state index < -0.39 is 30.3 Å². The Bertz CT molecular complexity index is 2280. The molecular formula is C43H50F2N10O5. The number of fused-ring (bicyclic) bond motifs is 6. The molecule has 4 fully saturated rings. The number of para-hydroxylation sites is 1. The number of aromatic amines is 1. The van der Waals surface area contributed by atoms with Crippen LogP contribution < -0.4 is 25.2 Å². The van der Waals surface area contributed by atoms with Crippen molar-refractivity contribution in [2.75, 3.05) is 68.8 Å². The Morgan fingerprint density at radius 1 is 1.05 bits per heavy atom. The molecule has 10 rings (SSSR count). The number of imide groups is 1. The quantitative estimate of drug-likeness (QED) is 0.223. The number of amides is 3. The smallest absolute Gasteiger partial charge is 0.270 e. The third kappa shape index (κ3) is 7.33. The SMILES string of the molecule is C[C@@H]1Cc2c([nH]c3ccccc23)[C@@H](c2cnc(N3CCC4(CC3)CC(CN3CCN5c6ccc(C(=O)N[C@H]7CCC(=O)NC7=O)nc6OC[C@H]5C3)CO4)nc2)N1CC(F)F. The number of piperazine rings is 1. The molecule has 1 aromatic carbocycles. The van der Waals surface area contributed by atoms with E-state index in [0.29, 0.717) is 30.8 Å². The second-order valence-corrected chi connectivity index (χ2v) is 17.4. The summed E-state index contributed by atoms with van der Waals surface area (Å²) < 4.78 is 40.5. The first-order valence-electron chi connectivity index (χ1n) is 21.2. The van der Waals surface area contributed by atoms with Crippen LogP contribution in [0.25, 0.3) is 10.9 Å². The maximum atomic E-state index is 13.9. The summed E-state index contributed by atoms with van der Waals surface area (Å²) in [6.07, 6.45) is 5.09. The van der Waals surface area contributed by atoms with Crippen LogP contribution in [0.15, 0.2) is 48.8 Å². The summed E-state index contributed by atoms with van der Waals surface area (Å²) in [4.78, 5) is 63.1. The Balaban J connectivity index is 0.729. The topological polar surface area (TPSA) is 161 Å². The number of benzene rings is 1. The number of pyridine rings is 1. The maximum absolute atomic E-state index is 13.9. The van der Waals surface area contributed by atoms with E-state index >= 15 is 0 Å². The third-order valence-corrected chi connectivity index (χ3v) is 13.5. The van der Waals surface area contributed by atoms with E-state index in [4.69, 9.17) is 19.4 Å². The zero-order chi connectivity index (χ0) is 41.1. The van der Waals surface area contributed by atoms with Crippen LogP contribution in [0.5, 0.6) is 5.88 Å². The number of aromatic nitrogens is 4. The van der Waals surface area contributed by atoms with Gasteiger partial charge in [-0.3, -0.25) is 29.5 Å². The van der Waals surface area contributed by atoms with Crippen LogP contribution in [0.2, 0.25) is 0 Å². The van der Waals surface area contributed by atoms with Gasteiger partial charge >= 0.3 is 0 Å². The molecule has 6 aliphatic heterocycles. The Labute approximate surface area is 346 Å². The summed E-state index contributed by atoms with van der Waals surface area (Å²) in [5.74, 6) is 0.161. The number of piperidine rings is 2. The van der Waals surface area contributed by atoms with Gasteiger partial charge in [0.2, 0.25) is 23.6 Å². The number of anilines is 2. The van der Waals surface area contributed by atoms with Crippen molar-refractivity contribution < 1.29 is 32.6 Å². The predicted molar refractivity (Wildman–Crippen MR) is 217 cm³/mol. The van der Waals surface area contributed by atoms with Gasteiger partial charge in [-0.1, -0.05) is 18.2 Å². The van der Waals surface area contributed by atoms with Gasteiger partial charge in [-0.05, 0) is 68.7 Å². The van der Waals surface area contributed by atoms with Crippen molar-refractivity contribution in [3.05, 3.63) is 71.3 Å². The molecule has 4 saturated heterocycles. The highest BCUT2D eigenvalue weighted by Gasteiger charge is 2.45. The molecule has 3 N–H and O–H groups in total. The second kappa shape index (κ2) is 15.6. The lowest BCUT2D eigenvalue weighted by Gasteiger charge is -2.45. The maximum Gasteiger partial charge on any atom is 0.270 e. The molecule has 0 aliphatic carbocycles. The second-order valence-electron chi connectivity index (χ2n) is 17.4. The molecule has 5 atom stereocenters. The van der Waals surface area contributed by atoms with Crippen LogP contribution in [0, 0.1) is 5.92 Å². The zero-order valence-electron chi connectivity index (χ0n) is 33.6. The zero-order valence-corrected chi connectivity index (χ0v) is 33.6. The van der Waals surface area contributed by atoms with Crippen LogP contribution in [0.1, 0.15) is 72.4 Å². The van der Waals surface area contributed by atoms with Crippen molar-refractivity contribution in [2.45, 2.75) is 81.6 Å². The van der Waals surface area contributed by atoms with E-state index in [9.17, 15) is 23.2 Å². The number of hydrogen-bond acceptors (Lipinski definition) is 12. The Morgan fingerprint density at radius 2 is 1.87 bits per heavy atom. The Morgan fingerprint density at radius 3 is 2.67 bits per heavy atom. The van der Waals surface area contributed by atoms with Gasteiger partial charge in [0.15, 0.2) is 0 Å². The minimum absolute atomic E-state index is 0.0711. The fraction of sp³-hybridized carbons (Fsp3) is 0.535. The van der Waals surface area contributed by atoms with Crippen LogP contribution in [-0.2, 0) is 20.7 Å². The Hall–Kier alpha value is -5.26. The van der Waals surface area contributed by atoms with Gasteiger partial charge in [0.25, 0.3) is 12.3 Å². The summed E-state index contributed by atoms with van der Waals surface area (Å²) in [6, 6.07) is 10.6. The average Bonchev–Trinajstić information content (AvgIpc) is 3.82. The normalized spacial score (nSPS) is 26.8. The number of nitrogens with zero attached hydrogens (tertiary/aromatic N) is 7. The van der Waals surface area contributed by atoms with Gasteiger partial charge in [-0.25, -0.2) is 23.7 Å². The summed E-state index contributed by atoms with van der Waals surface area (Å²) in [5, 5.41) is 6.08. The molecule has 9 heterocycles. The van der Waals surface area contributed by atoms with Crippen LogP contribution in [-0.4, -0.2) is 137 Å². The molecule has 15 nitrogen and oxygen atoms in total. The number of H-pyrrole nitrogens is 1.